The fourth-order valence-corrected chi connectivity index (χ4v) is 10.7. The van der Waals surface area contributed by atoms with Crippen LogP contribution in [0, 0.1) is 0 Å². The highest BCUT2D eigenvalue weighted by atomic mass is 16.3. The molecular formula is C59H37NO. The van der Waals surface area contributed by atoms with Crippen LogP contribution >= 0.6 is 0 Å². The summed E-state index contributed by atoms with van der Waals surface area (Å²) in [4.78, 5) is 2.42. The molecule has 0 unspecified atom stereocenters. The number of anilines is 3. The number of hydrogen-bond donors (Lipinski definition) is 0. The Balaban J connectivity index is 1.09. The van der Waals surface area contributed by atoms with Gasteiger partial charge in [0.25, 0.3) is 0 Å². The predicted molar refractivity (Wildman–Crippen MR) is 253 cm³/mol. The lowest BCUT2D eigenvalue weighted by Gasteiger charge is -2.32. The number of rotatable bonds is 5. The molecule has 0 saturated heterocycles. The van der Waals surface area contributed by atoms with Crippen LogP contribution in [0.4, 0.5) is 17.1 Å². The first kappa shape index (κ1) is 34.0. The number of hydrogen-bond acceptors (Lipinski definition) is 2. The number of fused-ring (bicyclic) bond motifs is 14. The van der Waals surface area contributed by atoms with E-state index in [9.17, 15) is 0 Å². The Kier molecular flexibility index (Phi) is 7.26. The van der Waals surface area contributed by atoms with Gasteiger partial charge in [0.15, 0.2) is 0 Å². The minimum atomic E-state index is -0.460. The molecule has 2 aliphatic carbocycles. The highest BCUT2D eigenvalue weighted by Crippen LogP contribution is 2.63. The van der Waals surface area contributed by atoms with Crippen LogP contribution in [0.1, 0.15) is 22.3 Å². The summed E-state index contributed by atoms with van der Waals surface area (Å²) in [7, 11) is 0. The van der Waals surface area contributed by atoms with Crippen molar-refractivity contribution in [2.45, 2.75) is 5.41 Å². The first-order valence-corrected chi connectivity index (χ1v) is 21.1. The summed E-state index contributed by atoms with van der Waals surface area (Å²) in [5.74, 6) is 0. The van der Waals surface area contributed by atoms with E-state index in [0.717, 1.165) is 50.1 Å². The van der Waals surface area contributed by atoms with Crippen LogP contribution in [0.15, 0.2) is 229 Å². The maximum atomic E-state index is 6.91. The molecule has 61 heavy (non-hydrogen) atoms. The topological polar surface area (TPSA) is 16.4 Å². The highest BCUT2D eigenvalue weighted by Gasteiger charge is 2.51. The van der Waals surface area contributed by atoms with E-state index in [1.54, 1.807) is 0 Å². The van der Waals surface area contributed by atoms with E-state index in [2.05, 4.69) is 229 Å². The third kappa shape index (κ3) is 4.91. The number of nitrogens with zero attached hydrogens (tertiary/aromatic N) is 1. The lowest BCUT2D eigenvalue weighted by atomic mass is 9.70. The zero-order valence-corrected chi connectivity index (χ0v) is 33.2. The Morgan fingerprint density at radius 2 is 0.820 bits per heavy atom. The van der Waals surface area contributed by atoms with Gasteiger partial charge in [-0.05, 0) is 120 Å². The second kappa shape index (κ2) is 13.0. The molecule has 0 bridgehead atoms. The quantitative estimate of drug-likeness (QED) is 0.173. The maximum Gasteiger partial charge on any atom is 0.138 e. The Morgan fingerprint density at radius 3 is 1.46 bits per heavy atom. The maximum absolute atomic E-state index is 6.91. The molecule has 2 heteroatoms. The molecule has 2 nitrogen and oxygen atoms in total. The second-order valence-corrected chi connectivity index (χ2v) is 16.4. The van der Waals surface area contributed by atoms with Crippen LogP contribution in [-0.2, 0) is 5.41 Å². The summed E-state index contributed by atoms with van der Waals surface area (Å²) in [5.41, 5.74) is 19.6. The molecule has 284 valence electrons. The first-order chi connectivity index (χ1) is 30.2. The van der Waals surface area contributed by atoms with Crippen molar-refractivity contribution in [3.8, 4) is 44.5 Å². The van der Waals surface area contributed by atoms with Gasteiger partial charge in [-0.3, -0.25) is 0 Å². The molecular weight excluding hydrogens is 739 g/mol. The molecule has 0 aliphatic heterocycles. The van der Waals surface area contributed by atoms with Gasteiger partial charge in [0.2, 0.25) is 0 Å². The summed E-state index contributed by atoms with van der Waals surface area (Å²) >= 11 is 0. The zero-order chi connectivity index (χ0) is 40.1. The second-order valence-electron chi connectivity index (χ2n) is 16.4. The predicted octanol–water partition coefficient (Wildman–Crippen LogP) is 15.9. The van der Waals surface area contributed by atoms with Crippen LogP contribution in [0.3, 0.4) is 0 Å². The van der Waals surface area contributed by atoms with Gasteiger partial charge in [0.05, 0.1) is 11.1 Å². The van der Waals surface area contributed by atoms with Gasteiger partial charge in [-0.25, -0.2) is 0 Å². The summed E-state index contributed by atoms with van der Waals surface area (Å²) < 4.78 is 6.91. The van der Waals surface area contributed by atoms with E-state index < -0.39 is 5.41 Å². The molecule has 1 heterocycles. The van der Waals surface area contributed by atoms with E-state index in [-0.39, 0.29) is 0 Å². The van der Waals surface area contributed by atoms with Crippen molar-refractivity contribution in [2.75, 3.05) is 4.90 Å². The van der Waals surface area contributed by atoms with Crippen molar-refractivity contribution >= 4 is 49.8 Å². The van der Waals surface area contributed by atoms with Gasteiger partial charge in [0.1, 0.15) is 11.2 Å². The number of furan rings is 1. The summed E-state index contributed by atoms with van der Waals surface area (Å²) in [5, 5.41) is 4.61. The molecule has 1 aromatic heterocycles. The van der Waals surface area contributed by atoms with Crippen LogP contribution < -0.4 is 4.90 Å². The van der Waals surface area contributed by atoms with E-state index in [0.29, 0.717) is 0 Å². The van der Waals surface area contributed by atoms with Gasteiger partial charge < -0.3 is 9.32 Å². The van der Waals surface area contributed by atoms with Crippen molar-refractivity contribution in [3.63, 3.8) is 0 Å². The van der Waals surface area contributed by atoms with E-state index >= 15 is 0 Å². The largest absolute Gasteiger partial charge is 0.456 e. The fraction of sp³-hybridized carbons (Fsp3) is 0.0169. The first-order valence-electron chi connectivity index (χ1n) is 21.1. The van der Waals surface area contributed by atoms with Gasteiger partial charge in [0, 0.05) is 28.2 Å². The molecule has 0 atom stereocenters. The Bertz CT molecular complexity index is 3460. The monoisotopic (exact) mass is 775 g/mol. The fourth-order valence-electron chi connectivity index (χ4n) is 10.7. The Morgan fingerprint density at radius 1 is 0.311 bits per heavy atom. The molecule has 0 saturated carbocycles. The normalized spacial score (nSPS) is 13.0. The van der Waals surface area contributed by atoms with Crippen molar-refractivity contribution in [1.29, 1.82) is 0 Å². The third-order valence-corrected chi connectivity index (χ3v) is 13.2. The smallest absolute Gasteiger partial charge is 0.138 e. The minimum Gasteiger partial charge on any atom is -0.456 e. The molecule has 0 radical (unpaired) electrons. The Labute approximate surface area is 354 Å². The van der Waals surface area contributed by atoms with E-state index in [1.165, 1.54) is 66.4 Å². The van der Waals surface area contributed by atoms with Gasteiger partial charge >= 0.3 is 0 Å². The average molecular weight is 776 g/mol. The molecule has 0 fully saturated rings. The summed E-state index contributed by atoms with van der Waals surface area (Å²) in [6.45, 7) is 0. The van der Waals surface area contributed by atoms with Crippen molar-refractivity contribution in [3.05, 3.63) is 247 Å². The van der Waals surface area contributed by atoms with Gasteiger partial charge in [-0.15, -0.1) is 0 Å². The van der Waals surface area contributed by atoms with Gasteiger partial charge in [-0.2, -0.15) is 0 Å². The van der Waals surface area contributed by atoms with Crippen LogP contribution in [-0.4, -0.2) is 0 Å². The number of benzene rings is 10. The summed E-state index contributed by atoms with van der Waals surface area (Å²) in [6, 6.07) is 82.2. The SMILES string of the molecule is c1ccc(-c2ccc(N(c3ccc4c(c3)C3(c5ccccc5-c5ccccc53)c3ccccc3-4)c3cc(-c4ccccc4)c4c(c3)oc3cc5ccccc5cc34)cc2)cc1. The molecule has 10 aromatic carbocycles. The van der Waals surface area contributed by atoms with E-state index in [4.69, 9.17) is 4.42 Å². The molecule has 0 N–H and O–H groups in total. The lowest BCUT2D eigenvalue weighted by molar-refractivity contribution is 0.669. The van der Waals surface area contributed by atoms with Crippen molar-refractivity contribution < 1.29 is 4.42 Å². The minimum absolute atomic E-state index is 0.460. The van der Waals surface area contributed by atoms with Crippen LogP contribution in [0.2, 0.25) is 0 Å². The van der Waals surface area contributed by atoms with Crippen LogP contribution in [0.25, 0.3) is 77.2 Å². The van der Waals surface area contributed by atoms with Crippen molar-refractivity contribution in [1.82, 2.24) is 0 Å². The molecule has 0 amide bonds. The molecule has 1 spiro atoms. The standard InChI is InChI=1S/C59H37NO/c1-3-15-38(16-4-1)39-27-29-43(30-28-39)60(45-35-50(40-17-5-2-6-18-40)58-51-33-41-19-7-8-20-42(41)34-56(51)61-57(58)37-45)44-31-32-49-48-23-11-14-26-54(48)59(55(49)36-44)52-24-12-9-21-46(52)47-22-10-13-25-53(47)59/h1-37H. The lowest BCUT2D eigenvalue weighted by Crippen LogP contribution is -2.26. The third-order valence-electron chi connectivity index (χ3n) is 13.2. The average Bonchev–Trinajstić information content (AvgIpc) is 3.95. The molecule has 2 aliphatic rings. The Hall–Kier alpha value is -7.94. The molecule has 11 aromatic rings. The van der Waals surface area contributed by atoms with E-state index in [1.807, 2.05) is 0 Å². The van der Waals surface area contributed by atoms with Crippen molar-refractivity contribution in [2.24, 2.45) is 0 Å². The summed E-state index contributed by atoms with van der Waals surface area (Å²) in [6.07, 6.45) is 0. The zero-order valence-electron chi connectivity index (χ0n) is 33.2. The highest BCUT2D eigenvalue weighted by molar-refractivity contribution is 6.17. The van der Waals surface area contributed by atoms with Crippen LogP contribution in [0.5, 0.6) is 0 Å². The van der Waals surface area contributed by atoms with Gasteiger partial charge in [-0.1, -0.05) is 176 Å². The molecule has 13 rings (SSSR count).